The van der Waals surface area contributed by atoms with E-state index in [1.165, 1.54) is 6.33 Å². The minimum Gasteiger partial charge on any atom is -0.476 e. The van der Waals surface area contributed by atoms with E-state index in [1.807, 2.05) is 31.2 Å². The molecule has 5 nitrogen and oxygen atoms in total. The fourth-order valence-corrected chi connectivity index (χ4v) is 1.75. The van der Waals surface area contributed by atoms with Gasteiger partial charge in [-0.15, -0.1) is 0 Å². The lowest BCUT2D eigenvalue weighted by Gasteiger charge is -2.11. The molecule has 20 heavy (non-hydrogen) atoms. The Bertz CT molecular complexity index is 560. The van der Waals surface area contributed by atoms with Crippen molar-refractivity contribution in [2.24, 2.45) is 0 Å². The van der Waals surface area contributed by atoms with E-state index in [-0.39, 0.29) is 0 Å². The summed E-state index contributed by atoms with van der Waals surface area (Å²) in [4.78, 5) is 8.15. The smallest absolute Gasteiger partial charge is 0.242 e. The molecule has 0 aliphatic rings. The van der Waals surface area contributed by atoms with Gasteiger partial charge in [0, 0.05) is 11.6 Å². The lowest BCUT2D eigenvalue weighted by Crippen LogP contribution is -2.08. The third kappa shape index (κ3) is 3.74. The van der Waals surface area contributed by atoms with Crippen LogP contribution in [0.3, 0.4) is 0 Å². The molecular formula is C14H17ClN4O. The van der Waals surface area contributed by atoms with Crippen LogP contribution in [0.5, 0.6) is 5.88 Å². The first-order valence-corrected chi connectivity index (χ1v) is 6.80. The summed E-state index contributed by atoms with van der Waals surface area (Å²) in [6, 6.07) is 7.58. The second kappa shape index (κ2) is 6.96. The first-order chi connectivity index (χ1) is 9.70. The monoisotopic (exact) mass is 292 g/mol. The number of benzene rings is 1. The van der Waals surface area contributed by atoms with E-state index < -0.39 is 0 Å². The lowest BCUT2D eigenvalue weighted by atomic mass is 10.2. The van der Waals surface area contributed by atoms with E-state index in [9.17, 15) is 0 Å². The fraction of sp³-hybridized carbons (Fsp3) is 0.286. The summed E-state index contributed by atoms with van der Waals surface area (Å²) in [6.45, 7) is 3.21. The van der Waals surface area contributed by atoms with Crippen LogP contribution in [0.15, 0.2) is 30.6 Å². The van der Waals surface area contributed by atoms with Crippen LogP contribution in [0.4, 0.5) is 11.5 Å². The molecule has 6 heteroatoms. The molecule has 0 saturated carbocycles. The number of aromatic nitrogens is 2. The normalized spacial score (nSPS) is 10.3. The Morgan fingerprint density at radius 1 is 1.25 bits per heavy atom. The van der Waals surface area contributed by atoms with Crippen LogP contribution >= 0.6 is 11.6 Å². The summed E-state index contributed by atoms with van der Waals surface area (Å²) in [5, 5.41) is 3.88. The third-order valence-corrected chi connectivity index (χ3v) is 2.92. The molecule has 106 valence electrons. The van der Waals surface area contributed by atoms with Crippen LogP contribution in [0.25, 0.3) is 0 Å². The molecule has 0 spiro atoms. The summed E-state index contributed by atoms with van der Waals surface area (Å²) in [7, 11) is 0. The number of nitrogens with one attached hydrogen (secondary N) is 1. The van der Waals surface area contributed by atoms with E-state index in [0.717, 1.165) is 12.0 Å². The second-order valence-electron chi connectivity index (χ2n) is 4.27. The first-order valence-electron chi connectivity index (χ1n) is 6.42. The number of anilines is 2. The number of ether oxygens (including phenoxy) is 1. The second-order valence-corrected chi connectivity index (χ2v) is 4.71. The Labute approximate surface area is 123 Å². The molecule has 0 saturated heterocycles. The van der Waals surface area contributed by atoms with Crippen molar-refractivity contribution in [3.63, 3.8) is 0 Å². The zero-order valence-electron chi connectivity index (χ0n) is 11.3. The minimum absolute atomic E-state index is 0.417. The molecule has 0 fully saturated rings. The van der Waals surface area contributed by atoms with E-state index in [1.54, 1.807) is 0 Å². The van der Waals surface area contributed by atoms with Crippen LogP contribution in [-0.2, 0) is 6.54 Å². The van der Waals surface area contributed by atoms with E-state index in [0.29, 0.717) is 35.6 Å². The maximum Gasteiger partial charge on any atom is 0.242 e. The molecule has 0 unspecified atom stereocenters. The molecule has 2 rings (SSSR count). The Morgan fingerprint density at radius 3 is 2.70 bits per heavy atom. The van der Waals surface area contributed by atoms with Gasteiger partial charge in [-0.3, -0.25) is 0 Å². The fourth-order valence-electron chi connectivity index (χ4n) is 1.62. The zero-order valence-corrected chi connectivity index (χ0v) is 12.0. The minimum atomic E-state index is 0.417. The molecule has 2 aromatic rings. The number of nitrogens with two attached hydrogens (primary N) is 1. The Hall–Kier alpha value is -2.01. The third-order valence-electron chi connectivity index (χ3n) is 2.66. The summed E-state index contributed by atoms with van der Waals surface area (Å²) in [5.74, 6) is 0.988. The number of nitrogens with zero attached hydrogens (tertiary/aromatic N) is 2. The van der Waals surface area contributed by atoms with Crippen LogP contribution in [0, 0.1) is 0 Å². The van der Waals surface area contributed by atoms with Crippen molar-refractivity contribution in [3.05, 3.63) is 41.2 Å². The molecule has 0 aliphatic heterocycles. The number of halogens is 1. The van der Waals surface area contributed by atoms with Gasteiger partial charge in [-0.25, -0.2) is 4.98 Å². The van der Waals surface area contributed by atoms with Crippen molar-refractivity contribution in [1.82, 2.24) is 9.97 Å². The van der Waals surface area contributed by atoms with Gasteiger partial charge in [0.05, 0.1) is 6.61 Å². The van der Waals surface area contributed by atoms with Gasteiger partial charge in [-0.2, -0.15) is 4.98 Å². The maximum absolute atomic E-state index is 5.98. The lowest BCUT2D eigenvalue weighted by molar-refractivity contribution is 0.306. The average Bonchev–Trinajstić information content (AvgIpc) is 2.47. The van der Waals surface area contributed by atoms with Crippen molar-refractivity contribution >= 4 is 23.1 Å². The van der Waals surface area contributed by atoms with Gasteiger partial charge in [0.25, 0.3) is 0 Å². The Morgan fingerprint density at radius 2 is 2.00 bits per heavy atom. The number of hydrogen-bond acceptors (Lipinski definition) is 5. The zero-order chi connectivity index (χ0) is 14.4. The van der Waals surface area contributed by atoms with E-state index in [2.05, 4.69) is 15.3 Å². The first kappa shape index (κ1) is 14.4. The van der Waals surface area contributed by atoms with Crippen LogP contribution in [-0.4, -0.2) is 16.6 Å². The van der Waals surface area contributed by atoms with Crippen molar-refractivity contribution in [3.8, 4) is 5.88 Å². The largest absolute Gasteiger partial charge is 0.476 e. The van der Waals surface area contributed by atoms with Gasteiger partial charge < -0.3 is 15.8 Å². The van der Waals surface area contributed by atoms with Gasteiger partial charge in [0.15, 0.2) is 5.82 Å². The highest BCUT2D eigenvalue weighted by Gasteiger charge is 2.08. The molecule has 0 amide bonds. The molecule has 3 N–H and O–H groups in total. The standard InChI is InChI=1S/C14H17ClN4O/c1-2-7-20-14-12(16)13(18-9-19-14)17-8-10-3-5-11(15)6-4-10/h3-6,9H,2,7-8,16H2,1H3,(H,17,18,19). The van der Waals surface area contributed by atoms with Crippen LogP contribution in [0.1, 0.15) is 18.9 Å². The SMILES string of the molecule is CCCOc1ncnc(NCc2ccc(Cl)cc2)c1N. The quantitative estimate of drug-likeness (QED) is 0.856. The molecule has 1 aromatic heterocycles. The average molecular weight is 293 g/mol. The van der Waals surface area contributed by atoms with Crippen LogP contribution in [0.2, 0.25) is 5.02 Å². The van der Waals surface area contributed by atoms with E-state index in [4.69, 9.17) is 22.1 Å². The molecular weight excluding hydrogens is 276 g/mol. The highest BCUT2D eigenvalue weighted by Crippen LogP contribution is 2.25. The molecule has 1 heterocycles. The number of nitrogen functional groups attached to an aromatic ring is 1. The Kier molecular flexibility index (Phi) is 5.01. The molecule has 0 atom stereocenters. The van der Waals surface area contributed by atoms with Crippen molar-refractivity contribution in [1.29, 1.82) is 0 Å². The maximum atomic E-state index is 5.98. The van der Waals surface area contributed by atoms with Gasteiger partial charge >= 0.3 is 0 Å². The molecule has 0 aliphatic carbocycles. The van der Waals surface area contributed by atoms with E-state index >= 15 is 0 Å². The summed E-state index contributed by atoms with van der Waals surface area (Å²) in [6.07, 6.45) is 2.34. The predicted octanol–water partition coefficient (Wildman–Crippen LogP) is 3.11. The molecule has 1 aromatic carbocycles. The molecule has 0 radical (unpaired) electrons. The molecule has 0 bridgehead atoms. The summed E-state index contributed by atoms with van der Waals surface area (Å²) < 4.78 is 5.46. The summed E-state index contributed by atoms with van der Waals surface area (Å²) >= 11 is 5.85. The Balaban J connectivity index is 2.03. The van der Waals surface area contributed by atoms with Gasteiger partial charge in [-0.05, 0) is 24.1 Å². The van der Waals surface area contributed by atoms with Gasteiger partial charge in [0.2, 0.25) is 5.88 Å². The van der Waals surface area contributed by atoms with Gasteiger partial charge in [0.1, 0.15) is 12.0 Å². The predicted molar refractivity (Wildman–Crippen MR) is 81.0 cm³/mol. The summed E-state index contributed by atoms with van der Waals surface area (Å²) in [5.41, 5.74) is 7.49. The topological polar surface area (TPSA) is 73.1 Å². The van der Waals surface area contributed by atoms with Crippen LogP contribution < -0.4 is 15.8 Å². The highest BCUT2D eigenvalue weighted by atomic mass is 35.5. The van der Waals surface area contributed by atoms with Crippen molar-refractivity contribution < 1.29 is 4.74 Å². The van der Waals surface area contributed by atoms with Gasteiger partial charge in [-0.1, -0.05) is 30.7 Å². The number of hydrogen-bond donors (Lipinski definition) is 2. The van der Waals surface area contributed by atoms with Crippen molar-refractivity contribution in [2.45, 2.75) is 19.9 Å². The highest BCUT2D eigenvalue weighted by molar-refractivity contribution is 6.30. The van der Waals surface area contributed by atoms with Crippen molar-refractivity contribution in [2.75, 3.05) is 17.7 Å². The number of rotatable bonds is 6.